The zero-order valence-electron chi connectivity index (χ0n) is 16.9. The highest BCUT2D eigenvalue weighted by molar-refractivity contribution is 7.89. The van der Waals surface area contributed by atoms with E-state index in [2.05, 4.69) is 22.4 Å². The minimum atomic E-state index is -3.43. The van der Waals surface area contributed by atoms with Gasteiger partial charge in [0.2, 0.25) is 15.8 Å². The van der Waals surface area contributed by atoms with Crippen LogP contribution in [0.4, 0.5) is 0 Å². The molecule has 29 heavy (non-hydrogen) atoms. The van der Waals surface area contributed by atoms with Crippen molar-refractivity contribution in [2.75, 3.05) is 13.1 Å². The SMILES string of the molecule is CCN(CC)S(=O)(=O)c1ccc([C@@H](C)[NH2+]Cc2nc(-c3ccccc3)no2)cc1. The molecule has 0 spiro atoms. The van der Waals surface area contributed by atoms with Gasteiger partial charge in [-0.25, -0.2) is 8.42 Å². The first kappa shape index (κ1) is 21.2. The predicted molar refractivity (Wildman–Crippen MR) is 110 cm³/mol. The zero-order chi connectivity index (χ0) is 20.9. The molecule has 2 N–H and O–H groups in total. The largest absolute Gasteiger partial charge is 0.333 e. The molecule has 1 atom stereocenters. The van der Waals surface area contributed by atoms with Crippen molar-refractivity contribution < 1.29 is 18.3 Å². The van der Waals surface area contributed by atoms with E-state index in [0.29, 0.717) is 36.2 Å². The van der Waals surface area contributed by atoms with Crippen molar-refractivity contribution in [3.05, 3.63) is 66.1 Å². The Morgan fingerprint density at radius 2 is 1.69 bits per heavy atom. The third-order valence-corrected chi connectivity index (χ3v) is 6.96. The summed E-state index contributed by atoms with van der Waals surface area (Å²) in [5, 5.41) is 6.11. The fourth-order valence-corrected chi connectivity index (χ4v) is 4.57. The first-order valence-corrected chi connectivity index (χ1v) is 11.2. The quantitative estimate of drug-likeness (QED) is 0.580. The highest BCUT2D eigenvalue weighted by atomic mass is 32.2. The van der Waals surface area contributed by atoms with Crippen LogP contribution in [0, 0.1) is 0 Å². The van der Waals surface area contributed by atoms with Crippen LogP contribution in [0.1, 0.15) is 38.3 Å². The summed E-state index contributed by atoms with van der Waals surface area (Å²) in [6, 6.07) is 16.9. The Kier molecular flexibility index (Phi) is 6.79. The smallest absolute Gasteiger partial charge is 0.282 e. The molecular formula is C21H27N4O3S+. The summed E-state index contributed by atoms with van der Waals surface area (Å²) in [7, 11) is -3.43. The molecule has 3 aromatic rings. The van der Waals surface area contributed by atoms with E-state index in [4.69, 9.17) is 4.52 Å². The van der Waals surface area contributed by atoms with Crippen molar-refractivity contribution in [2.45, 2.75) is 38.3 Å². The van der Waals surface area contributed by atoms with Gasteiger partial charge < -0.3 is 9.84 Å². The predicted octanol–water partition coefficient (Wildman–Crippen LogP) is 2.59. The number of nitrogens with zero attached hydrogens (tertiary/aromatic N) is 3. The Balaban J connectivity index is 1.63. The lowest BCUT2D eigenvalue weighted by Gasteiger charge is -2.18. The Morgan fingerprint density at radius 3 is 2.31 bits per heavy atom. The van der Waals surface area contributed by atoms with Gasteiger partial charge in [0.05, 0.1) is 4.90 Å². The number of hydrogen-bond donors (Lipinski definition) is 1. The molecule has 0 amide bonds. The van der Waals surface area contributed by atoms with Gasteiger partial charge in [0.1, 0.15) is 6.04 Å². The van der Waals surface area contributed by atoms with Gasteiger partial charge in [0, 0.05) is 24.2 Å². The summed E-state index contributed by atoms with van der Waals surface area (Å²) < 4.78 is 32.0. The summed E-state index contributed by atoms with van der Waals surface area (Å²) in [5.74, 6) is 1.13. The molecule has 0 saturated heterocycles. The van der Waals surface area contributed by atoms with E-state index in [1.807, 2.05) is 56.3 Å². The van der Waals surface area contributed by atoms with Crippen LogP contribution in [0.15, 0.2) is 64.0 Å². The summed E-state index contributed by atoms with van der Waals surface area (Å²) >= 11 is 0. The summed E-state index contributed by atoms with van der Waals surface area (Å²) in [4.78, 5) is 4.76. The van der Waals surface area contributed by atoms with E-state index in [9.17, 15) is 8.42 Å². The van der Waals surface area contributed by atoms with E-state index in [-0.39, 0.29) is 6.04 Å². The van der Waals surface area contributed by atoms with Crippen LogP contribution >= 0.6 is 0 Å². The number of nitrogens with two attached hydrogens (primary N) is 1. The van der Waals surface area contributed by atoms with Gasteiger partial charge in [0.25, 0.3) is 5.89 Å². The van der Waals surface area contributed by atoms with Crippen LogP contribution in [-0.4, -0.2) is 36.0 Å². The molecule has 0 bridgehead atoms. The average Bonchev–Trinajstić information content (AvgIpc) is 3.22. The minimum absolute atomic E-state index is 0.118. The molecule has 3 rings (SSSR count). The van der Waals surface area contributed by atoms with E-state index < -0.39 is 10.0 Å². The van der Waals surface area contributed by atoms with Crippen molar-refractivity contribution >= 4 is 10.0 Å². The van der Waals surface area contributed by atoms with Crippen LogP contribution in [0.2, 0.25) is 0 Å². The van der Waals surface area contributed by atoms with Crippen LogP contribution in [0.5, 0.6) is 0 Å². The molecule has 1 heterocycles. The van der Waals surface area contributed by atoms with Crippen LogP contribution in [-0.2, 0) is 16.6 Å². The fourth-order valence-electron chi connectivity index (χ4n) is 3.11. The topological polar surface area (TPSA) is 92.9 Å². The number of hydrogen-bond acceptors (Lipinski definition) is 5. The lowest BCUT2D eigenvalue weighted by molar-refractivity contribution is -0.710. The number of benzene rings is 2. The van der Waals surface area contributed by atoms with E-state index in [1.165, 1.54) is 4.31 Å². The van der Waals surface area contributed by atoms with Crippen LogP contribution in [0.25, 0.3) is 11.4 Å². The van der Waals surface area contributed by atoms with Gasteiger partial charge >= 0.3 is 0 Å². The summed E-state index contributed by atoms with van der Waals surface area (Å²) in [5.41, 5.74) is 1.95. The van der Waals surface area contributed by atoms with Crippen molar-refractivity contribution in [1.29, 1.82) is 0 Å². The first-order chi connectivity index (χ1) is 14.0. The second-order valence-corrected chi connectivity index (χ2v) is 8.70. The Labute approximate surface area is 171 Å². The molecule has 2 aromatic carbocycles. The first-order valence-electron chi connectivity index (χ1n) is 9.77. The number of sulfonamides is 1. The summed E-state index contributed by atoms with van der Waals surface area (Å²) in [6.07, 6.45) is 0. The standard InChI is InChI=1S/C21H26N4O3S/c1-4-25(5-2)29(26,27)19-13-11-17(12-14-19)16(3)22-15-20-23-21(24-28-20)18-9-7-6-8-10-18/h6-14,16,22H,4-5,15H2,1-3H3/p+1/t16-/m1/s1. The highest BCUT2D eigenvalue weighted by Crippen LogP contribution is 2.18. The Morgan fingerprint density at radius 1 is 1.03 bits per heavy atom. The monoisotopic (exact) mass is 415 g/mol. The van der Waals surface area contributed by atoms with Crippen molar-refractivity contribution in [3.8, 4) is 11.4 Å². The third kappa shape index (κ3) is 4.90. The molecule has 8 heteroatoms. The Hall–Kier alpha value is -2.55. The van der Waals surface area contributed by atoms with Gasteiger partial charge in [-0.1, -0.05) is 61.5 Å². The highest BCUT2D eigenvalue weighted by Gasteiger charge is 2.22. The molecule has 0 aliphatic carbocycles. The van der Waals surface area contributed by atoms with Crippen molar-refractivity contribution in [1.82, 2.24) is 14.4 Å². The second kappa shape index (κ2) is 9.30. The van der Waals surface area contributed by atoms with Crippen LogP contribution < -0.4 is 5.32 Å². The molecule has 7 nitrogen and oxygen atoms in total. The normalized spacial score (nSPS) is 13.0. The molecule has 0 fully saturated rings. The van der Waals surface area contributed by atoms with Gasteiger partial charge in [-0.3, -0.25) is 0 Å². The molecule has 154 valence electrons. The fraction of sp³-hybridized carbons (Fsp3) is 0.333. The van der Waals surface area contributed by atoms with Crippen LogP contribution in [0.3, 0.4) is 0 Å². The lowest BCUT2D eigenvalue weighted by Crippen LogP contribution is -2.83. The average molecular weight is 416 g/mol. The van der Waals surface area contributed by atoms with Gasteiger partial charge in [-0.2, -0.15) is 9.29 Å². The maximum atomic E-state index is 12.6. The molecule has 0 saturated carbocycles. The molecule has 0 aliphatic rings. The van der Waals surface area contributed by atoms with E-state index in [1.54, 1.807) is 12.1 Å². The number of quaternary nitrogens is 1. The zero-order valence-corrected chi connectivity index (χ0v) is 17.8. The van der Waals surface area contributed by atoms with E-state index >= 15 is 0 Å². The molecule has 0 aliphatic heterocycles. The molecule has 0 unspecified atom stereocenters. The summed E-state index contributed by atoms with van der Waals surface area (Å²) in [6.45, 7) is 7.20. The maximum absolute atomic E-state index is 12.6. The van der Waals surface area contributed by atoms with Crippen molar-refractivity contribution in [3.63, 3.8) is 0 Å². The molecule has 1 aromatic heterocycles. The van der Waals surface area contributed by atoms with E-state index in [0.717, 1.165) is 11.1 Å². The molecular weight excluding hydrogens is 388 g/mol. The van der Waals surface area contributed by atoms with Gasteiger partial charge in [0.15, 0.2) is 6.54 Å². The van der Waals surface area contributed by atoms with Gasteiger partial charge in [-0.05, 0) is 19.1 Å². The number of aromatic nitrogens is 2. The minimum Gasteiger partial charge on any atom is -0.333 e. The van der Waals surface area contributed by atoms with Gasteiger partial charge in [-0.15, -0.1) is 0 Å². The third-order valence-electron chi connectivity index (χ3n) is 4.90. The van der Waals surface area contributed by atoms with Crippen molar-refractivity contribution in [2.24, 2.45) is 0 Å². The Bertz CT molecular complexity index is 1010. The molecule has 0 radical (unpaired) electrons. The second-order valence-electron chi connectivity index (χ2n) is 6.76. The maximum Gasteiger partial charge on any atom is 0.282 e. The number of rotatable bonds is 9. The lowest BCUT2D eigenvalue weighted by atomic mass is 10.1.